The molecular formula is C28H40N4O2. The Kier molecular flexibility index (Phi) is 9.95. The molecule has 4 rings (SSSR count). The molecule has 1 aliphatic heterocycles. The molecule has 2 aliphatic carbocycles. The fourth-order valence-corrected chi connectivity index (χ4v) is 5.19. The van der Waals surface area contributed by atoms with E-state index in [2.05, 4.69) is 22.2 Å². The van der Waals surface area contributed by atoms with Crippen LogP contribution in [0.4, 0.5) is 0 Å². The molecule has 34 heavy (non-hydrogen) atoms. The Labute approximate surface area is 204 Å². The summed E-state index contributed by atoms with van der Waals surface area (Å²) in [5.74, 6) is 1.82. The van der Waals surface area contributed by atoms with Gasteiger partial charge in [0.25, 0.3) is 0 Å². The second-order valence-corrected chi connectivity index (χ2v) is 8.82. The van der Waals surface area contributed by atoms with Gasteiger partial charge in [0.1, 0.15) is 12.1 Å². The van der Waals surface area contributed by atoms with Gasteiger partial charge in [-0.1, -0.05) is 43.7 Å². The zero-order valence-electron chi connectivity index (χ0n) is 20.9. The van der Waals surface area contributed by atoms with Crippen LogP contribution in [-0.4, -0.2) is 29.8 Å². The van der Waals surface area contributed by atoms with Gasteiger partial charge in [-0.15, -0.1) is 0 Å². The van der Waals surface area contributed by atoms with Gasteiger partial charge in [-0.3, -0.25) is 4.99 Å². The van der Waals surface area contributed by atoms with Gasteiger partial charge in [0.05, 0.1) is 24.6 Å². The van der Waals surface area contributed by atoms with Gasteiger partial charge in [-0.05, 0) is 75.3 Å². The van der Waals surface area contributed by atoms with Crippen molar-refractivity contribution in [2.24, 2.45) is 27.7 Å². The Morgan fingerprint density at radius 2 is 2.06 bits per heavy atom. The second kappa shape index (κ2) is 13.1. The van der Waals surface area contributed by atoms with Gasteiger partial charge < -0.3 is 15.6 Å². The van der Waals surface area contributed by atoms with E-state index < -0.39 is 6.10 Å². The average molecular weight is 465 g/mol. The van der Waals surface area contributed by atoms with E-state index in [-0.39, 0.29) is 0 Å². The van der Waals surface area contributed by atoms with Crippen LogP contribution in [0.2, 0.25) is 0 Å². The lowest BCUT2D eigenvalue weighted by Crippen LogP contribution is -2.21. The van der Waals surface area contributed by atoms with E-state index >= 15 is 0 Å². The molecule has 6 nitrogen and oxygen atoms in total. The van der Waals surface area contributed by atoms with Crippen molar-refractivity contribution in [2.75, 3.05) is 7.11 Å². The molecule has 0 amide bonds. The predicted molar refractivity (Wildman–Crippen MR) is 140 cm³/mol. The molecule has 1 heterocycles. The number of rotatable bonds is 7. The highest BCUT2D eigenvalue weighted by atomic mass is 16.5. The molecule has 6 heteroatoms. The Bertz CT molecular complexity index is 947. The lowest BCUT2D eigenvalue weighted by atomic mass is 9.74. The number of methoxy groups -OCH3 is 1. The third-order valence-electron chi connectivity index (χ3n) is 6.80. The average Bonchev–Trinajstić information content (AvgIpc) is 3.11. The number of para-hydroxylation sites is 1. The number of nitrogens with two attached hydrogens (primary N) is 1. The smallest absolute Gasteiger partial charge is 0.124 e. The molecule has 0 aromatic heterocycles. The van der Waals surface area contributed by atoms with E-state index in [0.29, 0.717) is 11.8 Å². The third-order valence-corrected chi connectivity index (χ3v) is 6.80. The maximum atomic E-state index is 10.9. The van der Waals surface area contributed by atoms with E-state index in [0.717, 1.165) is 74.1 Å². The van der Waals surface area contributed by atoms with Crippen molar-refractivity contribution in [1.29, 1.82) is 0 Å². The van der Waals surface area contributed by atoms with Crippen molar-refractivity contribution < 1.29 is 9.84 Å². The van der Waals surface area contributed by atoms with Crippen molar-refractivity contribution in [3.8, 4) is 5.75 Å². The molecule has 0 radical (unpaired) electrons. The first-order valence-corrected chi connectivity index (χ1v) is 12.7. The largest absolute Gasteiger partial charge is 0.496 e. The number of aliphatic hydroxyl groups is 1. The summed E-state index contributed by atoms with van der Waals surface area (Å²) < 4.78 is 5.45. The summed E-state index contributed by atoms with van der Waals surface area (Å²) in [6.07, 6.45) is 17.3. The summed E-state index contributed by atoms with van der Waals surface area (Å²) in [4.78, 5) is 4.31. The fraction of sp³-hybridized carbons (Fsp3) is 0.500. The Hall–Kier alpha value is -2.86. The lowest BCUT2D eigenvalue weighted by Gasteiger charge is -2.33. The predicted octanol–water partition coefficient (Wildman–Crippen LogP) is 6.08. The molecule has 0 bridgehead atoms. The van der Waals surface area contributed by atoms with Crippen LogP contribution in [-0.2, 0) is 0 Å². The normalized spacial score (nSPS) is 22.9. The summed E-state index contributed by atoms with van der Waals surface area (Å²) in [6, 6.07) is 7.79. The molecule has 3 N–H and O–H groups in total. The number of fused-ring (bicyclic) bond motifs is 1. The summed E-state index contributed by atoms with van der Waals surface area (Å²) in [6.45, 7) is 4.00. The van der Waals surface area contributed by atoms with Crippen molar-refractivity contribution in [3.63, 3.8) is 0 Å². The Morgan fingerprint density at radius 1 is 1.24 bits per heavy atom. The topological polar surface area (TPSA) is 83.4 Å². The SMILES string of the molecule is CC.COc1ccccc1C(O)C[C@H]1CCC2=CC(N(/N=C\N)C3=CN=CCC3)=CCCC2C1. The first-order chi connectivity index (χ1) is 16.7. The van der Waals surface area contributed by atoms with Gasteiger partial charge in [-0.25, -0.2) is 5.01 Å². The van der Waals surface area contributed by atoms with Crippen LogP contribution in [0.5, 0.6) is 5.75 Å². The van der Waals surface area contributed by atoms with Crippen LogP contribution in [0.25, 0.3) is 0 Å². The van der Waals surface area contributed by atoms with E-state index in [1.165, 1.54) is 11.9 Å². The van der Waals surface area contributed by atoms with E-state index in [1.807, 2.05) is 55.5 Å². The molecule has 0 saturated heterocycles. The zero-order chi connectivity index (χ0) is 24.3. The molecule has 3 aliphatic rings. The van der Waals surface area contributed by atoms with Crippen LogP contribution in [0.15, 0.2) is 69.7 Å². The van der Waals surface area contributed by atoms with E-state index in [9.17, 15) is 5.11 Å². The molecule has 1 aromatic carbocycles. The summed E-state index contributed by atoms with van der Waals surface area (Å²) in [5.41, 5.74) is 10.2. The quantitative estimate of drug-likeness (QED) is 0.291. The lowest BCUT2D eigenvalue weighted by molar-refractivity contribution is 0.125. The van der Waals surface area contributed by atoms with Crippen LogP contribution >= 0.6 is 0 Å². The van der Waals surface area contributed by atoms with Crippen molar-refractivity contribution in [2.45, 2.75) is 71.3 Å². The van der Waals surface area contributed by atoms with Gasteiger partial charge in [0.15, 0.2) is 0 Å². The second-order valence-electron chi connectivity index (χ2n) is 8.82. The van der Waals surface area contributed by atoms with Gasteiger partial charge >= 0.3 is 0 Å². The number of nitrogens with zero attached hydrogens (tertiary/aromatic N) is 3. The number of hydrogen-bond donors (Lipinski definition) is 2. The first-order valence-electron chi connectivity index (χ1n) is 12.7. The number of aliphatic hydroxyl groups excluding tert-OH is 1. The van der Waals surface area contributed by atoms with Gasteiger partial charge in [-0.2, -0.15) is 5.10 Å². The minimum absolute atomic E-state index is 0.491. The maximum Gasteiger partial charge on any atom is 0.124 e. The summed E-state index contributed by atoms with van der Waals surface area (Å²) in [5, 5.41) is 17.3. The van der Waals surface area contributed by atoms with Crippen LogP contribution in [0.3, 0.4) is 0 Å². The molecule has 184 valence electrons. The van der Waals surface area contributed by atoms with Gasteiger partial charge in [0, 0.05) is 18.0 Å². The first kappa shape index (κ1) is 25.8. The number of aliphatic imine (C=N–C) groups is 1. The number of ether oxygens (including phenoxy) is 1. The minimum atomic E-state index is -0.491. The highest BCUT2D eigenvalue weighted by Gasteiger charge is 2.30. The molecule has 3 atom stereocenters. The highest BCUT2D eigenvalue weighted by Crippen LogP contribution is 2.43. The van der Waals surface area contributed by atoms with Crippen molar-refractivity contribution >= 4 is 12.6 Å². The number of hydrazone groups is 1. The molecular weight excluding hydrogens is 424 g/mol. The zero-order valence-corrected chi connectivity index (χ0v) is 20.9. The highest BCUT2D eigenvalue weighted by molar-refractivity contribution is 5.60. The minimum Gasteiger partial charge on any atom is -0.496 e. The van der Waals surface area contributed by atoms with Crippen molar-refractivity contribution in [3.05, 3.63) is 65.1 Å². The van der Waals surface area contributed by atoms with E-state index in [4.69, 9.17) is 10.5 Å². The maximum absolute atomic E-state index is 10.9. The molecule has 1 fully saturated rings. The van der Waals surface area contributed by atoms with E-state index in [1.54, 1.807) is 7.11 Å². The molecule has 0 spiro atoms. The number of allylic oxidation sites excluding steroid dienone is 4. The van der Waals surface area contributed by atoms with Crippen molar-refractivity contribution in [1.82, 2.24) is 5.01 Å². The summed E-state index contributed by atoms with van der Waals surface area (Å²) in [7, 11) is 1.66. The molecule has 2 unspecified atom stereocenters. The fourth-order valence-electron chi connectivity index (χ4n) is 5.19. The molecule has 1 aromatic rings. The van der Waals surface area contributed by atoms with Crippen LogP contribution in [0, 0.1) is 11.8 Å². The summed E-state index contributed by atoms with van der Waals surface area (Å²) >= 11 is 0. The van der Waals surface area contributed by atoms with Gasteiger partial charge in [0.2, 0.25) is 0 Å². The standard InChI is InChI=1S/C26H34N4O2.C2H6/c1-32-26-10-3-2-9-24(26)25(31)15-19-11-12-21-16-22(7-4-6-20(21)14-19)30(29-18-27)23-8-5-13-28-17-23;1-2/h2-3,7,9-10,13,16-20,25,31H,4-6,8,11-12,14-15H2,1H3,(H2,27,29);1-2H3/t19-,20?,25?;/m0./s1. The Balaban J connectivity index is 0.00000158. The monoisotopic (exact) mass is 464 g/mol. The van der Waals surface area contributed by atoms with Crippen LogP contribution < -0.4 is 10.5 Å². The Morgan fingerprint density at radius 3 is 2.79 bits per heavy atom. The van der Waals surface area contributed by atoms with Crippen LogP contribution in [0.1, 0.15) is 76.9 Å². The third kappa shape index (κ3) is 6.38. The number of benzene rings is 1. The molecule has 1 saturated carbocycles. The number of hydrogen-bond acceptors (Lipinski definition) is 5.